The van der Waals surface area contributed by atoms with Crippen LogP contribution in [0.15, 0.2) is 0 Å². The van der Waals surface area contributed by atoms with Crippen molar-refractivity contribution < 1.29 is 35.8 Å². The van der Waals surface area contributed by atoms with E-state index in [0.29, 0.717) is 13.1 Å². The maximum Gasteiger partial charge on any atom is 0.522 e. The Hall–Kier alpha value is -0.190. The Bertz CT molecular complexity index is 293. The molecule has 0 radical (unpaired) electrons. The van der Waals surface area contributed by atoms with Crippen molar-refractivity contribution in [3.05, 3.63) is 0 Å². The summed E-state index contributed by atoms with van der Waals surface area (Å²) in [4.78, 5) is 1.87. The van der Waals surface area contributed by atoms with Crippen molar-refractivity contribution in [2.24, 2.45) is 0 Å². The largest absolute Gasteiger partial charge is 0.522 e. The van der Waals surface area contributed by atoms with E-state index in [4.69, 9.17) is 4.74 Å². The van der Waals surface area contributed by atoms with E-state index in [1.54, 1.807) is 11.8 Å². The second kappa shape index (κ2) is 8.44. The van der Waals surface area contributed by atoms with Gasteiger partial charge >= 0.3 is 12.5 Å². The lowest BCUT2D eigenvalue weighted by molar-refractivity contribution is -0.332. The molecule has 0 aromatic rings. The Kier molecular flexibility index (Phi) is 7.58. The number of thioether (sulfide) groups is 1. The van der Waals surface area contributed by atoms with Gasteiger partial charge in [-0.05, 0) is 0 Å². The van der Waals surface area contributed by atoms with Gasteiger partial charge in [-0.15, -0.1) is 13.2 Å². The van der Waals surface area contributed by atoms with Gasteiger partial charge in [0.2, 0.25) is 0 Å². The first kappa shape index (κ1) is 18.9. The molecule has 126 valence electrons. The Balaban J connectivity index is 2.40. The average molecular weight is 341 g/mol. The molecule has 1 saturated heterocycles. The molecule has 1 aliphatic rings. The number of alkyl halides is 6. The molecule has 0 aromatic heterocycles. The van der Waals surface area contributed by atoms with Crippen molar-refractivity contribution in [1.29, 1.82) is 0 Å². The SMILES string of the molecule is FC(F)(F)CCOC(COC(F)(F)F)CN1CCSCC1. The monoisotopic (exact) mass is 341 g/mol. The molecule has 10 heteroatoms. The Morgan fingerprint density at radius 1 is 1.05 bits per heavy atom. The molecular formula is C11H17F6NO2S. The maximum atomic E-state index is 12.0. The van der Waals surface area contributed by atoms with Crippen LogP contribution in [-0.4, -0.2) is 67.9 Å². The molecule has 1 unspecified atom stereocenters. The predicted molar refractivity (Wildman–Crippen MR) is 66.2 cm³/mol. The van der Waals surface area contributed by atoms with Crippen LogP contribution in [0, 0.1) is 0 Å². The van der Waals surface area contributed by atoms with E-state index in [9.17, 15) is 26.3 Å². The molecule has 21 heavy (non-hydrogen) atoms. The molecule has 0 aromatic carbocycles. The Labute approximate surface area is 122 Å². The van der Waals surface area contributed by atoms with Gasteiger partial charge in [-0.1, -0.05) is 0 Å². The molecular weight excluding hydrogens is 324 g/mol. The van der Waals surface area contributed by atoms with Gasteiger partial charge in [-0.2, -0.15) is 24.9 Å². The van der Waals surface area contributed by atoms with Gasteiger partial charge in [0, 0.05) is 31.1 Å². The molecule has 0 bridgehead atoms. The van der Waals surface area contributed by atoms with E-state index in [2.05, 4.69) is 4.74 Å². The molecule has 1 atom stereocenters. The number of halogens is 6. The van der Waals surface area contributed by atoms with E-state index >= 15 is 0 Å². The van der Waals surface area contributed by atoms with E-state index in [-0.39, 0.29) is 6.54 Å². The summed E-state index contributed by atoms with van der Waals surface area (Å²) >= 11 is 1.72. The van der Waals surface area contributed by atoms with Crippen molar-refractivity contribution in [2.45, 2.75) is 25.1 Å². The number of ether oxygens (including phenoxy) is 2. The van der Waals surface area contributed by atoms with Crippen molar-refractivity contribution in [3.63, 3.8) is 0 Å². The lowest BCUT2D eigenvalue weighted by Gasteiger charge is -2.30. The highest BCUT2D eigenvalue weighted by Crippen LogP contribution is 2.21. The highest BCUT2D eigenvalue weighted by molar-refractivity contribution is 7.99. The fourth-order valence-corrected chi connectivity index (χ4v) is 2.73. The van der Waals surface area contributed by atoms with Crippen molar-refractivity contribution >= 4 is 11.8 Å². The van der Waals surface area contributed by atoms with Gasteiger partial charge in [-0.25, -0.2) is 0 Å². The number of rotatable bonds is 7. The summed E-state index contributed by atoms with van der Waals surface area (Å²) in [6, 6.07) is 0. The summed E-state index contributed by atoms with van der Waals surface area (Å²) in [7, 11) is 0. The summed E-state index contributed by atoms with van der Waals surface area (Å²) < 4.78 is 80.8. The zero-order valence-electron chi connectivity index (χ0n) is 11.2. The Morgan fingerprint density at radius 3 is 2.19 bits per heavy atom. The van der Waals surface area contributed by atoms with Gasteiger partial charge < -0.3 is 4.74 Å². The van der Waals surface area contributed by atoms with Crippen molar-refractivity contribution in [1.82, 2.24) is 4.90 Å². The third-order valence-electron chi connectivity index (χ3n) is 2.74. The zero-order chi connectivity index (χ0) is 15.9. The van der Waals surface area contributed by atoms with E-state index in [1.807, 2.05) is 4.90 Å². The third-order valence-corrected chi connectivity index (χ3v) is 3.68. The molecule has 1 heterocycles. The number of hydrogen-bond donors (Lipinski definition) is 0. The highest BCUT2D eigenvalue weighted by atomic mass is 32.2. The first-order chi connectivity index (χ1) is 9.66. The number of hydrogen-bond acceptors (Lipinski definition) is 4. The van der Waals surface area contributed by atoms with Gasteiger partial charge in [0.1, 0.15) is 0 Å². The van der Waals surface area contributed by atoms with Crippen LogP contribution in [0.1, 0.15) is 6.42 Å². The van der Waals surface area contributed by atoms with Crippen LogP contribution in [0.2, 0.25) is 0 Å². The van der Waals surface area contributed by atoms with E-state index < -0.39 is 38.3 Å². The van der Waals surface area contributed by atoms with Crippen molar-refractivity contribution in [3.8, 4) is 0 Å². The van der Waals surface area contributed by atoms with Crippen LogP contribution < -0.4 is 0 Å². The minimum Gasteiger partial charge on any atom is -0.374 e. The molecule has 3 nitrogen and oxygen atoms in total. The molecule has 1 aliphatic heterocycles. The summed E-state index contributed by atoms with van der Waals surface area (Å²) in [5.74, 6) is 1.69. The molecule has 0 saturated carbocycles. The second-order valence-corrected chi connectivity index (χ2v) is 5.75. The first-order valence-electron chi connectivity index (χ1n) is 6.35. The average Bonchev–Trinajstić information content (AvgIpc) is 2.34. The smallest absolute Gasteiger partial charge is 0.374 e. The quantitative estimate of drug-likeness (QED) is 0.664. The van der Waals surface area contributed by atoms with Crippen LogP contribution in [0.3, 0.4) is 0 Å². The molecule has 0 aliphatic carbocycles. The molecule has 0 amide bonds. The maximum absolute atomic E-state index is 12.0. The fourth-order valence-electron chi connectivity index (χ4n) is 1.75. The van der Waals surface area contributed by atoms with Gasteiger partial charge in [0.25, 0.3) is 0 Å². The van der Waals surface area contributed by atoms with Crippen LogP contribution in [0.4, 0.5) is 26.3 Å². The summed E-state index contributed by atoms with van der Waals surface area (Å²) in [5, 5.41) is 0. The minimum atomic E-state index is -4.82. The molecule has 1 rings (SSSR count). The third kappa shape index (κ3) is 10.2. The van der Waals surface area contributed by atoms with Gasteiger partial charge in [-0.3, -0.25) is 9.64 Å². The van der Waals surface area contributed by atoms with Crippen LogP contribution in [-0.2, 0) is 9.47 Å². The predicted octanol–water partition coefficient (Wildman–Crippen LogP) is 2.91. The van der Waals surface area contributed by atoms with E-state index in [0.717, 1.165) is 11.5 Å². The topological polar surface area (TPSA) is 21.7 Å². The van der Waals surface area contributed by atoms with Crippen LogP contribution in [0.5, 0.6) is 0 Å². The van der Waals surface area contributed by atoms with E-state index in [1.165, 1.54) is 0 Å². The fraction of sp³-hybridized carbons (Fsp3) is 1.00. The highest BCUT2D eigenvalue weighted by Gasteiger charge is 2.32. The standard InChI is InChI=1S/C11H17F6NO2S/c12-10(13,14)1-4-19-9(8-20-11(15,16)17)7-18-2-5-21-6-3-18/h9H,1-8H2. The number of nitrogens with zero attached hydrogens (tertiary/aromatic N) is 1. The van der Waals surface area contributed by atoms with Crippen molar-refractivity contribution in [2.75, 3.05) is 44.4 Å². The molecule has 0 spiro atoms. The zero-order valence-corrected chi connectivity index (χ0v) is 12.0. The molecule has 0 N–H and O–H groups in total. The summed E-state index contributed by atoms with van der Waals surface area (Å²) in [6.07, 6.45) is -11.4. The van der Waals surface area contributed by atoms with Crippen LogP contribution in [0.25, 0.3) is 0 Å². The van der Waals surface area contributed by atoms with Gasteiger partial charge in [0.15, 0.2) is 0 Å². The normalized spacial score (nSPS) is 19.7. The summed E-state index contributed by atoms with van der Waals surface area (Å²) in [6.45, 7) is 0.0170. The van der Waals surface area contributed by atoms with Crippen LogP contribution >= 0.6 is 11.8 Å². The van der Waals surface area contributed by atoms with Gasteiger partial charge in [0.05, 0.1) is 25.7 Å². The minimum absolute atomic E-state index is 0.133. The lowest BCUT2D eigenvalue weighted by Crippen LogP contribution is -2.42. The second-order valence-electron chi connectivity index (χ2n) is 4.53. The summed E-state index contributed by atoms with van der Waals surface area (Å²) in [5.41, 5.74) is 0. The Morgan fingerprint density at radius 2 is 1.67 bits per heavy atom. The molecule has 1 fully saturated rings. The first-order valence-corrected chi connectivity index (χ1v) is 7.50. The lowest BCUT2D eigenvalue weighted by atomic mass is 10.3.